The van der Waals surface area contributed by atoms with Gasteiger partial charge in [-0.3, -0.25) is 9.78 Å². The molecule has 0 fully saturated rings. The third kappa shape index (κ3) is 3.64. The highest BCUT2D eigenvalue weighted by Gasteiger charge is 2.21. The van der Waals surface area contributed by atoms with Gasteiger partial charge in [0.2, 0.25) is 0 Å². The summed E-state index contributed by atoms with van der Waals surface area (Å²) >= 11 is 0. The Balaban J connectivity index is 1.81. The first-order valence-corrected chi connectivity index (χ1v) is 10.9. The van der Waals surface area contributed by atoms with Crippen LogP contribution < -0.4 is 10.3 Å². The van der Waals surface area contributed by atoms with Gasteiger partial charge in [-0.05, 0) is 38.1 Å². The number of hydrogen-bond donors (Lipinski definition) is 0. The molecule has 4 aromatic heterocycles. The van der Waals surface area contributed by atoms with Crippen molar-refractivity contribution in [3.05, 3.63) is 75.9 Å². The number of pyridine rings is 2. The van der Waals surface area contributed by atoms with Crippen LogP contribution >= 0.6 is 0 Å². The van der Waals surface area contributed by atoms with Crippen molar-refractivity contribution >= 4 is 10.9 Å². The maximum atomic E-state index is 13.6. The van der Waals surface area contributed by atoms with Gasteiger partial charge in [0.25, 0.3) is 11.4 Å². The van der Waals surface area contributed by atoms with E-state index in [0.717, 1.165) is 27.9 Å². The average molecular weight is 457 g/mol. The van der Waals surface area contributed by atoms with E-state index in [2.05, 4.69) is 20.3 Å². The van der Waals surface area contributed by atoms with Crippen LogP contribution in [0.5, 0.6) is 5.75 Å². The molecule has 34 heavy (non-hydrogen) atoms. The Hall–Kier alpha value is -4.27. The Labute approximate surface area is 195 Å². The summed E-state index contributed by atoms with van der Waals surface area (Å²) in [6.45, 7) is 5.94. The summed E-state index contributed by atoms with van der Waals surface area (Å²) in [5.74, 6) is 2.02. The third-order valence-corrected chi connectivity index (χ3v) is 5.78. The van der Waals surface area contributed by atoms with Gasteiger partial charge in [-0.25, -0.2) is 0 Å². The summed E-state index contributed by atoms with van der Waals surface area (Å²) in [6.07, 6.45) is 2.31. The molecule has 0 aliphatic rings. The van der Waals surface area contributed by atoms with E-state index in [0.29, 0.717) is 34.8 Å². The van der Waals surface area contributed by atoms with Crippen LogP contribution in [0.4, 0.5) is 0 Å². The molecule has 172 valence electrons. The van der Waals surface area contributed by atoms with Crippen molar-refractivity contribution in [2.24, 2.45) is 0 Å². The van der Waals surface area contributed by atoms with E-state index in [1.807, 2.05) is 51.1 Å². The Kier molecular flexibility index (Phi) is 5.45. The molecule has 0 atom stereocenters. The lowest BCUT2D eigenvalue weighted by molar-refractivity contribution is 0.393. The smallest absolute Gasteiger partial charge is 0.264 e. The van der Waals surface area contributed by atoms with Crippen molar-refractivity contribution in [1.29, 1.82) is 0 Å². The Morgan fingerprint density at radius 3 is 2.53 bits per heavy atom. The minimum absolute atomic E-state index is 0.188. The highest BCUT2D eigenvalue weighted by molar-refractivity contribution is 5.91. The molecule has 0 aliphatic heterocycles. The minimum atomic E-state index is -0.253. The molecule has 4 heterocycles. The van der Waals surface area contributed by atoms with E-state index in [1.165, 1.54) is 0 Å². The summed E-state index contributed by atoms with van der Waals surface area (Å²) < 4.78 is 18.2. The van der Waals surface area contributed by atoms with Crippen LogP contribution in [-0.2, 0) is 13.0 Å². The van der Waals surface area contributed by atoms with Gasteiger partial charge >= 0.3 is 0 Å². The van der Waals surface area contributed by atoms with Gasteiger partial charge in [0, 0.05) is 29.6 Å². The van der Waals surface area contributed by atoms with Gasteiger partial charge in [0.1, 0.15) is 17.1 Å². The summed E-state index contributed by atoms with van der Waals surface area (Å²) in [7, 11) is 1.60. The normalized spacial score (nSPS) is 11.3. The monoisotopic (exact) mass is 457 g/mol. The largest absolute Gasteiger partial charge is 0.496 e. The van der Waals surface area contributed by atoms with Crippen LogP contribution in [0.15, 0.2) is 56.4 Å². The first-order valence-electron chi connectivity index (χ1n) is 10.9. The zero-order valence-corrected chi connectivity index (χ0v) is 19.3. The lowest BCUT2D eigenvalue weighted by Crippen LogP contribution is -2.23. The number of benzene rings is 1. The van der Waals surface area contributed by atoms with Gasteiger partial charge in [-0.1, -0.05) is 23.3 Å². The fourth-order valence-electron chi connectivity index (χ4n) is 4.11. The van der Waals surface area contributed by atoms with Crippen LogP contribution in [0, 0.1) is 13.8 Å². The molecule has 5 rings (SSSR count). The molecular formula is C25H23N5O4. The minimum Gasteiger partial charge on any atom is -0.496 e. The molecule has 0 saturated carbocycles. The fraction of sp³-hybridized carbons (Fsp3) is 0.240. The van der Waals surface area contributed by atoms with Gasteiger partial charge < -0.3 is 18.4 Å². The highest BCUT2D eigenvalue weighted by Crippen LogP contribution is 2.38. The molecule has 5 aromatic rings. The number of aromatic nitrogens is 5. The van der Waals surface area contributed by atoms with Gasteiger partial charge in [0.15, 0.2) is 5.82 Å². The van der Waals surface area contributed by atoms with Crippen LogP contribution in [0.3, 0.4) is 0 Å². The molecule has 9 nitrogen and oxygen atoms in total. The summed E-state index contributed by atoms with van der Waals surface area (Å²) in [5, 5.41) is 8.86. The van der Waals surface area contributed by atoms with Crippen molar-refractivity contribution in [3.63, 3.8) is 0 Å². The molecule has 0 bridgehead atoms. The first-order chi connectivity index (χ1) is 16.5. The van der Waals surface area contributed by atoms with E-state index in [4.69, 9.17) is 13.8 Å². The van der Waals surface area contributed by atoms with Crippen molar-refractivity contribution in [3.8, 4) is 28.3 Å². The van der Waals surface area contributed by atoms with Crippen molar-refractivity contribution in [2.45, 2.75) is 33.7 Å². The van der Waals surface area contributed by atoms with E-state index >= 15 is 0 Å². The molecule has 0 spiro atoms. The quantitative estimate of drug-likeness (QED) is 0.370. The molecule has 0 unspecified atom stereocenters. The highest BCUT2D eigenvalue weighted by atomic mass is 16.5. The molecule has 0 saturated heterocycles. The second kappa shape index (κ2) is 8.58. The number of nitrogens with zero attached hydrogens (tertiary/aromatic N) is 5. The number of methoxy groups -OCH3 is 1. The predicted octanol–water partition coefficient (Wildman–Crippen LogP) is 4.34. The number of fused-ring (bicyclic) bond motifs is 1. The molecule has 1 aromatic carbocycles. The van der Waals surface area contributed by atoms with E-state index in [9.17, 15) is 4.79 Å². The molecule has 9 heteroatoms. The fourth-order valence-corrected chi connectivity index (χ4v) is 4.11. The average Bonchev–Trinajstić information content (AvgIpc) is 3.46. The summed E-state index contributed by atoms with van der Waals surface area (Å²) in [4.78, 5) is 22.4. The zero-order chi connectivity index (χ0) is 23.8. The van der Waals surface area contributed by atoms with E-state index < -0.39 is 0 Å². The second-order valence-corrected chi connectivity index (χ2v) is 7.95. The molecule has 0 radical (unpaired) electrons. The lowest BCUT2D eigenvalue weighted by Gasteiger charge is -2.15. The van der Waals surface area contributed by atoms with Crippen molar-refractivity contribution < 1.29 is 13.8 Å². The number of hydrogen-bond acceptors (Lipinski definition) is 8. The molecule has 0 N–H and O–H groups in total. The van der Waals surface area contributed by atoms with Gasteiger partial charge in [0.05, 0.1) is 36.1 Å². The van der Waals surface area contributed by atoms with Gasteiger partial charge in [-0.2, -0.15) is 4.98 Å². The SMILES string of the molecule is CCc1noc(-c2cc3cc(-c4c(C)noc4C)c(OC)cc3n(Cc3ccccn3)c2=O)n1. The second-order valence-electron chi connectivity index (χ2n) is 7.95. The third-order valence-electron chi connectivity index (χ3n) is 5.78. The van der Waals surface area contributed by atoms with E-state index in [1.54, 1.807) is 23.9 Å². The Bertz CT molecular complexity index is 1530. The molecular weight excluding hydrogens is 434 g/mol. The lowest BCUT2D eigenvalue weighted by atomic mass is 9.99. The topological polar surface area (TPSA) is 109 Å². The standard InChI is InChI=1S/C25H23N5O4/c1-5-22-27-24(34-29-22)19-11-16-10-18(23-14(2)28-33-15(23)3)21(32-4)12-20(16)30(25(19)31)13-17-8-6-7-9-26-17/h6-12H,5,13H2,1-4H3. The van der Waals surface area contributed by atoms with Crippen LogP contribution in [0.25, 0.3) is 33.5 Å². The van der Waals surface area contributed by atoms with Crippen molar-refractivity contribution in [2.75, 3.05) is 7.11 Å². The number of aryl methyl sites for hydroxylation is 3. The maximum absolute atomic E-state index is 13.6. The number of ether oxygens (including phenoxy) is 1. The first kappa shape index (κ1) is 21.6. The van der Waals surface area contributed by atoms with Crippen LogP contribution in [0.1, 0.15) is 29.9 Å². The predicted molar refractivity (Wildman–Crippen MR) is 126 cm³/mol. The Morgan fingerprint density at radius 2 is 1.88 bits per heavy atom. The van der Waals surface area contributed by atoms with Gasteiger partial charge in [-0.15, -0.1) is 0 Å². The maximum Gasteiger partial charge on any atom is 0.264 e. The van der Waals surface area contributed by atoms with Crippen LogP contribution in [0.2, 0.25) is 0 Å². The Morgan fingerprint density at radius 1 is 1.06 bits per heavy atom. The van der Waals surface area contributed by atoms with E-state index in [-0.39, 0.29) is 18.0 Å². The number of rotatable bonds is 6. The molecule has 0 aliphatic carbocycles. The summed E-state index contributed by atoms with van der Waals surface area (Å²) in [6, 6.07) is 11.2. The zero-order valence-electron chi connectivity index (χ0n) is 19.3. The van der Waals surface area contributed by atoms with Crippen molar-refractivity contribution in [1.82, 2.24) is 24.8 Å². The molecule has 0 amide bonds. The van der Waals surface area contributed by atoms with Crippen LogP contribution in [-0.4, -0.2) is 32.0 Å². The summed E-state index contributed by atoms with van der Waals surface area (Å²) in [5.41, 5.74) is 3.94.